The van der Waals surface area contributed by atoms with E-state index in [0.29, 0.717) is 23.2 Å². The van der Waals surface area contributed by atoms with E-state index in [0.717, 1.165) is 74.1 Å². The summed E-state index contributed by atoms with van der Waals surface area (Å²) in [5, 5.41) is 13.1. The molecule has 1 fully saturated rings. The second-order valence-electron chi connectivity index (χ2n) is 10.5. The molecule has 0 bridgehead atoms. The third-order valence-corrected chi connectivity index (χ3v) is 7.04. The van der Waals surface area contributed by atoms with Crippen LogP contribution in [0.1, 0.15) is 39.2 Å². The molecular formula is C29H37N7O3. The Balaban J connectivity index is 1.46. The number of methoxy groups -OCH3 is 1. The summed E-state index contributed by atoms with van der Waals surface area (Å²) in [6.45, 7) is 9.94. The van der Waals surface area contributed by atoms with E-state index < -0.39 is 0 Å². The van der Waals surface area contributed by atoms with Gasteiger partial charge in [0.15, 0.2) is 0 Å². The Bertz CT molecular complexity index is 1340. The minimum Gasteiger partial charge on any atom is -0.494 e. The van der Waals surface area contributed by atoms with Crippen LogP contribution in [-0.4, -0.2) is 55.8 Å². The van der Waals surface area contributed by atoms with Gasteiger partial charge in [0, 0.05) is 55.9 Å². The van der Waals surface area contributed by atoms with Gasteiger partial charge in [-0.1, -0.05) is 26.0 Å². The Morgan fingerprint density at radius 1 is 1.03 bits per heavy atom. The largest absolute Gasteiger partial charge is 0.494 e. The summed E-state index contributed by atoms with van der Waals surface area (Å²) in [5.74, 6) is 2.45. The molecule has 2 aromatic carbocycles. The van der Waals surface area contributed by atoms with Crippen LogP contribution in [0.5, 0.6) is 5.75 Å². The first-order valence-electron chi connectivity index (χ1n) is 13.4. The molecule has 1 saturated heterocycles. The highest BCUT2D eigenvalue weighted by atomic mass is 16.5. The lowest BCUT2D eigenvalue weighted by molar-refractivity contribution is -0.114. The number of para-hydroxylation sites is 2. The molecule has 1 aromatic heterocycles. The fraction of sp³-hybridized carbons (Fsp3) is 0.414. The van der Waals surface area contributed by atoms with Crippen molar-refractivity contribution in [3.05, 3.63) is 48.0 Å². The predicted octanol–water partition coefficient (Wildman–Crippen LogP) is 5.25. The second kappa shape index (κ2) is 11.4. The molecular weight excluding hydrogens is 494 g/mol. The Morgan fingerprint density at radius 3 is 2.64 bits per heavy atom. The van der Waals surface area contributed by atoms with E-state index in [9.17, 15) is 4.79 Å². The molecule has 39 heavy (non-hydrogen) atoms. The third kappa shape index (κ3) is 6.01. The molecule has 0 unspecified atom stereocenters. The van der Waals surface area contributed by atoms with Crippen LogP contribution in [0.15, 0.2) is 42.5 Å². The molecule has 0 aliphatic carbocycles. The topological polar surface area (TPSA) is 113 Å². The van der Waals surface area contributed by atoms with Crippen molar-refractivity contribution >= 4 is 46.2 Å². The van der Waals surface area contributed by atoms with E-state index in [-0.39, 0.29) is 11.3 Å². The van der Waals surface area contributed by atoms with Gasteiger partial charge in [0.05, 0.1) is 30.8 Å². The first kappa shape index (κ1) is 26.6. The van der Waals surface area contributed by atoms with Gasteiger partial charge in [-0.3, -0.25) is 4.79 Å². The van der Waals surface area contributed by atoms with Gasteiger partial charge in [-0.15, -0.1) is 0 Å². The maximum Gasteiger partial charge on any atom is 0.231 e. The highest BCUT2D eigenvalue weighted by molar-refractivity contribution is 5.93. The second-order valence-corrected chi connectivity index (χ2v) is 10.5. The summed E-state index contributed by atoms with van der Waals surface area (Å²) in [5.41, 5.74) is 4.11. The SMILES string of the molecule is COc1cc(N2CCCCOCC2)ccc1Nc1nc2c(c(Nc3ccccc3NC(C)=O)n1)C(C)(C)CN2. The number of ether oxygens (including phenoxy) is 2. The number of carbonyl (C=O) groups is 1. The van der Waals surface area contributed by atoms with E-state index in [1.807, 2.05) is 36.4 Å². The summed E-state index contributed by atoms with van der Waals surface area (Å²) in [4.78, 5) is 23.8. The molecule has 0 atom stereocenters. The summed E-state index contributed by atoms with van der Waals surface area (Å²) in [7, 11) is 1.67. The van der Waals surface area contributed by atoms with Gasteiger partial charge in [-0.25, -0.2) is 0 Å². The highest BCUT2D eigenvalue weighted by Crippen LogP contribution is 2.42. The van der Waals surface area contributed by atoms with Crippen molar-refractivity contribution in [3.8, 4) is 5.75 Å². The van der Waals surface area contributed by atoms with Crippen LogP contribution in [0, 0.1) is 0 Å². The maximum atomic E-state index is 11.8. The van der Waals surface area contributed by atoms with Crippen molar-refractivity contribution in [2.24, 2.45) is 0 Å². The zero-order valence-corrected chi connectivity index (χ0v) is 23.1. The van der Waals surface area contributed by atoms with Gasteiger partial charge < -0.3 is 35.6 Å². The molecule has 2 aliphatic rings. The molecule has 0 spiro atoms. The van der Waals surface area contributed by atoms with Crippen molar-refractivity contribution < 1.29 is 14.3 Å². The number of aromatic nitrogens is 2. The molecule has 3 aromatic rings. The van der Waals surface area contributed by atoms with Crippen molar-refractivity contribution in [2.75, 3.05) is 66.1 Å². The average Bonchev–Trinajstić information content (AvgIpc) is 3.19. The lowest BCUT2D eigenvalue weighted by atomic mass is 9.88. The average molecular weight is 532 g/mol. The monoisotopic (exact) mass is 531 g/mol. The van der Waals surface area contributed by atoms with Crippen LogP contribution < -0.4 is 30.9 Å². The van der Waals surface area contributed by atoms with E-state index >= 15 is 0 Å². The quantitative estimate of drug-likeness (QED) is 0.325. The summed E-state index contributed by atoms with van der Waals surface area (Å²) in [6.07, 6.45) is 2.16. The molecule has 4 N–H and O–H groups in total. The Morgan fingerprint density at radius 2 is 1.85 bits per heavy atom. The fourth-order valence-corrected chi connectivity index (χ4v) is 5.04. The number of hydrogen-bond donors (Lipinski definition) is 4. The Labute approximate surface area is 229 Å². The van der Waals surface area contributed by atoms with Crippen LogP contribution in [0.4, 0.5) is 40.3 Å². The molecule has 10 nitrogen and oxygen atoms in total. The van der Waals surface area contributed by atoms with Gasteiger partial charge in [0.1, 0.15) is 17.4 Å². The minimum atomic E-state index is -0.186. The van der Waals surface area contributed by atoms with Gasteiger partial charge in [-0.05, 0) is 37.1 Å². The van der Waals surface area contributed by atoms with Crippen molar-refractivity contribution in [2.45, 2.75) is 39.0 Å². The Hall–Kier alpha value is -4.05. The lowest BCUT2D eigenvalue weighted by Crippen LogP contribution is -2.30. The number of nitrogens with zero attached hydrogens (tertiary/aromatic N) is 3. The third-order valence-electron chi connectivity index (χ3n) is 7.04. The number of carbonyl (C=O) groups excluding carboxylic acids is 1. The zero-order chi connectivity index (χ0) is 27.4. The van der Waals surface area contributed by atoms with E-state index in [2.05, 4.69) is 46.1 Å². The highest BCUT2D eigenvalue weighted by Gasteiger charge is 2.35. The molecule has 10 heteroatoms. The van der Waals surface area contributed by atoms with Gasteiger partial charge >= 0.3 is 0 Å². The molecule has 0 radical (unpaired) electrons. The molecule has 206 valence electrons. The van der Waals surface area contributed by atoms with E-state index in [1.54, 1.807) is 7.11 Å². The standard InChI is InChI=1S/C29H37N7O3/c1-19(37)31-21-9-5-6-10-22(21)32-27-25-26(30-18-29(25,2)3)34-28(35-27)33-23-12-11-20(17-24(23)38-4)36-13-7-8-15-39-16-14-36/h5-6,9-12,17H,7-8,13-16,18H2,1-4H3,(H,31,37)(H3,30,32,33,34,35). The van der Waals surface area contributed by atoms with Gasteiger partial charge in [0.25, 0.3) is 0 Å². The molecule has 3 heterocycles. The van der Waals surface area contributed by atoms with Crippen molar-refractivity contribution in [1.29, 1.82) is 0 Å². The molecule has 1 amide bonds. The maximum absolute atomic E-state index is 11.8. The van der Waals surface area contributed by atoms with Gasteiger partial charge in [-0.2, -0.15) is 9.97 Å². The Kier molecular flexibility index (Phi) is 7.74. The number of nitrogens with one attached hydrogen (secondary N) is 4. The van der Waals surface area contributed by atoms with Crippen LogP contribution in [0.25, 0.3) is 0 Å². The van der Waals surface area contributed by atoms with Crippen LogP contribution in [0.2, 0.25) is 0 Å². The number of rotatable bonds is 7. The van der Waals surface area contributed by atoms with Crippen LogP contribution >= 0.6 is 0 Å². The predicted molar refractivity (Wildman–Crippen MR) is 156 cm³/mol. The molecule has 2 aliphatic heterocycles. The zero-order valence-electron chi connectivity index (χ0n) is 23.1. The first-order chi connectivity index (χ1) is 18.8. The lowest BCUT2D eigenvalue weighted by Gasteiger charge is -2.27. The van der Waals surface area contributed by atoms with Crippen molar-refractivity contribution in [1.82, 2.24) is 9.97 Å². The van der Waals surface area contributed by atoms with Crippen LogP contribution in [-0.2, 0) is 14.9 Å². The number of anilines is 7. The summed E-state index contributed by atoms with van der Waals surface area (Å²) >= 11 is 0. The van der Waals surface area contributed by atoms with E-state index in [1.165, 1.54) is 6.92 Å². The summed E-state index contributed by atoms with van der Waals surface area (Å²) < 4.78 is 11.4. The summed E-state index contributed by atoms with van der Waals surface area (Å²) in [6, 6.07) is 13.7. The fourth-order valence-electron chi connectivity index (χ4n) is 5.04. The minimum absolute atomic E-state index is 0.139. The molecule has 0 saturated carbocycles. The van der Waals surface area contributed by atoms with Gasteiger partial charge in [0.2, 0.25) is 11.9 Å². The number of fused-ring (bicyclic) bond motifs is 1. The number of amides is 1. The number of benzene rings is 2. The smallest absolute Gasteiger partial charge is 0.231 e. The number of hydrogen-bond acceptors (Lipinski definition) is 9. The van der Waals surface area contributed by atoms with Crippen LogP contribution in [0.3, 0.4) is 0 Å². The first-order valence-corrected chi connectivity index (χ1v) is 13.4. The molecule has 5 rings (SSSR count). The normalized spacial score (nSPS) is 16.4. The van der Waals surface area contributed by atoms with E-state index in [4.69, 9.17) is 19.4 Å². The van der Waals surface area contributed by atoms with Crippen molar-refractivity contribution in [3.63, 3.8) is 0 Å².